The zero-order valence-corrected chi connectivity index (χ0v) is 9.41. The quantitative estimate of drug-likeness (QED) is 0.787. The lowest BCUT2D eigenvalue weighted by Gasteiger charge is -2.31. The fraction of sp³-hybridized carbons (Fsp3) is 0.455. The summed E-state index contributed by atoms with van der Waals surface area (Å²) in [6.45, 7) is 0.759. The van der Waals surface area contributed by atoms with Crippen molar-refractivity contribution in [1.29, 1.82) is 5.26 Å². The fourth-order valence-electron chi connectivity index (χ4n) is 1.77. The number of aromatic nitrogens is 1. The maximum absolute atomic E-state index is 9.13. The molecule has 0 saturated heterocycles. The van der Waals surface area contributed by atoms with Gasteiger partial charge in [-0.05, 0) is 30.9 Å². The molecule has 1 aromatic heterocycles. The number of aliphatic hydroxyl groups excluding tert-OH is 1. The SMILES string of the molecule is N#Cc1cc(Cl)nc(NCC2CC(O)C2)c1. The van der Waals surface area contributed by atoms with E-state index in [1.54, 1.807) is 6.07 Å². The van der Waals surface area contributed by atoms with E-state index < -0.39 is 0 Å². The smallest absolute Gasteiger partial charge is 0.132 e. The van der Waals surface area contributed by atoms with Gasteiger partial charge in [0.15, 0.2) is 0 Å². The molecule has 1 saturated carbocycles. The maximum Gasteiger partial charge on any atom is 0.132 e. The topological polar surface area (TPSA) is 68.9 Å². The first-order chi connectivity index (χ1) is 7.67. The highest BCUT2D eigenvalue weighted by atomic mass is 35.5. The predicted octanol–water partition coefficient (Wildman–Crippen LogP) is 1.79. The number of hydrogen-bond donors (Lipinski definition) is 2. The third-order valence-electron chi connectivity index (χ3n) is 2.71. The Morgan fingerprint density at radius 3 is 2.94 bits per heavy atom. The molecule has 4 nitrogen and oxygen atoms in total. The van der Waals surface area contributed by atoms with E-state index in [0.29, 0.717) is 22.5 Å². The van der Waals surface area contributed by atoms with Crippen LogP contribution in [-0.4, -0.2) is 22.7 Å². The van der Waals surface area contributed by atoms with Crippen LogP contribution in [0.3, 0.4) is 0 Å². The highest BCUT2D eigenvalue weighted by Crippen LogP contribution is 2.27. The second-order valence-corrected chi connectivity index (χ2v) is 4.43. The molecule has 2 rings (SSSR count). The molecule has 0 unspecified atom stereocenters. The Kier molecular flexibility index (Phi) is 3.28. The molecule has 1 aromatic rings. The number of aliphatic hydroxyl groups is 1. The Balaban J connectivity index is 1.94. The van der Waals surface area contributed by atoms with Crippen molar-refractivity contribution in [2.24, 2.45) is 5.92 Å². The summed E-state index contributed by atoms with van der Waals surface area (Å²) in [6, 6.07) is 5.22. The van der Waals surface area contributed by atoms with Crippen molar-refractivity contribution in [2.45, 2.75) is 18.9 Å². The first kappa shape index (κ1) is 11.2. The first-order valence-electron chi connectivity index (χ1n) is 5.17. The average molecular weight is 238 g/mol. The molecule has 1 aliphatic carbocycles. The van der Waals surface area contributed by atoms with E-state index in [9.17, 15) is 0 Å². The zero-order valence-electron chi connectivity index (χ0n) is 8.65. The van der Waals surface area contributed by atoms with Gasteiger partial charge in [-0.3, -0.25) is 0 Å². The summed E-state index contributed by atoms with van der Waals surface area (Å²) in [6.07, 6.45) is 1.52. The lowest BCUT2D eigenvalue weighted by atomic mass is 9.82. The summed E-state index contributed by atoms with van der Waals surface area (Å²) in [5, 5.41) is 21.3. The number of nitrogens with one attached hydrogen (secondary N) is 1. The Morgan fingerprint density at radius 1 is 1.56 bits per heavy atom. The first-order valence-corrected chi connectivity index (χ1v) is 5.55. The van der Waals surface area contributed by atoms with Crippen molar-refractivity contribution >= 4 is 17.4 Å². The maximum atomic E-state index is 9.13. The minimum absolute atomic E-state index is 0.145. The zero-order chi connectivity index (χ0) is 11.5. The molecule has 0 amide bonds. The van der Waals surface area contributed by atoms with Gasteiger partial charge < -0.3 is 10.4 Å². The van der Waals surface area contributed by atoms with Crippen LogP contribution in [0.5, 0.6) is 0 Å². The van der Waals surface area contributed by atoms with E-state index >= 15 is 0 Å². The number of halogens is 1. The van der Waals surface area contributed by atoms with Crippen molar-refractivity contribution in [3.05, 3.63) is 22.8 Å². The van der Waals surface area contributed by atoms with E-state index in [0.717, 1.165) is 19.4 Å². The molecule has 1 heterocycles. The van der Waals surface area contributed by atoms with Gasteiger partial charge in [0.05, 0.1) is 17.7 Å². The van der Waals surface area contributed by atoms with E-state index in [1.807, 2.05) is 6.07 Å². The minimum Gasteiger partial charge on any atom is -0.393 e. The monoisotopic (exact) mass is 237 g/mol. The molecule has 84 valence electrons. The number of nitrogens with zero attached hydrogens (tertiary/aromatic N) is 2. The van der Waals surface area contributed by atoms with E-state index in [4.69, 9.17) is 22.0 Å². The predicted molar refractivity (Wildman–Crippen MR) is 61.2 cm³/mol. The lowest BCUT2D eigenvalue weighted by molar-refractivity contribution is 0.0486. The molecule has 5 heteroatoms. The largest absolute Gasteiger partial charge is 0.393 e. The molecule has 16 heavy (non-hydrogen) atoms. The fourth-order valence-corrected chi connectivity index (χ4v) is 1.98. The highest BCUT2D eigenvalue weighted by Gasteiger charge is 2.26. The van der Waals surface area contributed by atoms with E-state index in [-0.39, 0.29) is 6.10 Å². The van der Waals surface area contributed by atoms with Gasteiger partial charge in [0.2, 0.25) is 0 Å². The molecule has 0 atom stereocenters. The molecule has 1 aliphatic rings. The van der Waals surface area contributed by atoms with Crippen molar-refractivity contribution < 1.29 is 5.11 Å². The summed E-state index contributed by atoms with van der Waals surface area (Å²) in [7, 11) is 0. The molecule has 0 aliphatic heterocycles. The minimum atomic E-state index is -0.145. The summed E-state index contributed by atoms with van der Waals surface area (Å²) >= 11 is 5.77. The Morgan fingerprint density at radius 2 is 2.31 bits per heavy atom. The second-order valence-electron chi connectivity index (χ2n) is 4.05. The molecule has 0 bridgehead atoms. The van der Waals surface area contributed by atoms with Crippen LogP contribution < -0.4 is 5.32 Å². The van der Waals surface area contributed by atoms with Crippen molar-refractivity contribution in [3.63, 3.8) is 0 Å². The van der Waals surface area contributed by atoms with Crippen molar-refractivity contribution in [3.8, 4) is 6.07 Å². The average Bonchev–Trinajstić information content (AvgIpc) is 2.22. The lowest BCUT2D eigenvalue weighted by Crippen LogP contribution is -2.33. The van der Waals surface area contributed by atoms with Crippen LogP contribution in [0, 0.1) is 17.2 Å². The van der Waals surface area contributed by atoms with E-state index in [2.05, 4.69) is 10.3 Å². The number of pyridine rings is 1. The van der Waals surface area contributed by atoms with Crippen LogP contribution in [0.4, 0.5) is 5.82 Å². The molecular weight excluding hydrogens is 226 g/mol. The van der Waals surface area contributed by atoms with Gasteiger partial charge in [0.1, 0.15) is 11.0 Å². The van der Waals surface area contributed by atoms with Crippen molar-refractivity contribution in [2.75, 3.05) is 11.9 Å². The van der Waals surface area contributed by atoms with Crippen LogP contribution in [0.25, 0.3) is 0 Å². The molecule has 0 spiro atoms. The molecular formula is C11H12ClN3O. The molecule has 0 radical (unpaired) electrons. The van der Waals surface area contributed by atoms with Crippen LogP contribution in [0.2, 0.25) is 5.15 Å². The van der Waals surface area contributed by atoms with Gasteiger partial charge in [0.25, 0.3) is 0 Å². The van der Waals surface area contributed by atoms with Gasteiger partial charge in [-0.15, -0.1) is 0 Å². The van der Waals surface area contributed by atoms with Gasteiger partial charge >= 0.3 is 0 Å². The molecule has 0 aromatic carbocycles. The number of hydrogen-bond acceptors (Lipinski definition) is 4. The Hall–Kier alpha value is -1.31. The summed E-state index contributed by atoms with van der Waals surface area (Å²) in [5.41, 5.74) is 0.496. The number of anilines is 1. The normalized spacial score (nSPS) is 23.3. The van der Waals surface area contributed by atoms with Gasteiger partial charge in [-0.1, -0.05) is 11.6 Å². The Labute approximate surface area is 98.9 Å². The summed E-state index contributed by atoms with van der Waals surface area (Å²) in [5.74, 6) is 1.10. The van der Waals surface area contributed by atoms with Crippen LogP contribution in [0.1, 0.15) is 18.4 Å². The van der Waals surface area contributed by atoms with Gasteiger partial charge in [-0.25, -0.2) is 4.98 Å². The summed E-state index contributed by atoms with van der Waals surface area (Å²) in [4.78, 5) is 4.07. The second kappa shape index (κ2) is 4.69. The highest BCUT2D eigenvalue weighted by molar-refractivity contribution is 6.29. The van der Waals surface area contributed by atoms with E-state index in [1.165, 1.54) is 6.07 Å². The summed E-state index contributed by atoms with van der Waals surface area (Å²) < 4.78 is 0. The molecule has 2 N–H and O–H groups in total. The number of nitriles is 1. The third kappa shape index (κ3) is 2.63. The van der Waals surface area contributed by atoms with Crippen molar-refractivity contribution in [1.82, 2.24) is 4.98 Å². The molecule has 1 fully saturated rings. The van der Waals surface area contributed by atoms with Crippen LogP contribution >= 0.6 is 11.6 Å². The number of rotatable bonds is 3. The third-order valence-corrected chi connectivity index (χ3v) is 2.90. The van der Waals surface area contributed by atoms with Crippen LogP contribution in [0.15, 0.2) is 12.1 Å². The van der Waals surface area contributed by atoms with Crippen LogP contribution in [-0.2, 0) is 0 Å². The standard InChI is InChI=1S/C11H12ClN3O/c12-10-3-7(5-13)4-11(15-10)14-6-8-1-9(16)2-8/h3-4,8-9,16H,1-2,6H2,(H,14,15). The Bertz CT molecular complexity index is 424. The van der Waals surface area contributed by atoms with Gasteiger partial charge in [-0.2, -0.15) is 5.26 Å². The van der Waals surface area contributed by atoms with Gasteiger partial charge in [0, 0.05) is 6.54 Å².